The van der Waals surface area contributed by atoms with Crippen LogP contribution in [0.25, 0.3) is 22.3 Å². The molecule has 1 atom stereocenters. The van der Waals surface area contributed by atoms with Gasteiger partial charge in [-0.25, -0.2) is 4.98 Å². The van der Waals surface area contributed by atoms with E-state index in [9.17, 15) is 4.79 Å². The standard InChI is InChI=1S/C25H32N4O4/c1-15(2)29-10-6-7-16(29)14-26-20-11-17(31-3)8-9-19(20)24-27-21-12-18(32-4)13-22(33-5)23(21)25(30)28-24/h8-9,11-13,15-16,26H,6-7,10,14H2,1-5H3,(H,27,28,30). The van der Waals surface area contributed by atoms with Crippen LogP contribution in [0.1, 0.15) is 26.7 Å². The van der Waals surface area contributed by atoms with Crippen molar-refractivity contribution >= 4 is 16.6 Å². The maximum absolute atomic E-state index is 13.0. The molecule has 2 heterocycles. The van der Waals surface area contributed by atoms with E-state index in [2.05, 4.69) is 29.0 Å². The van der Waals surface area contributed by atoms with Gasteiger partial charge in [0.1, 0.15) is 28.5 Å². The summed E-state index contributed by atoms with van der Waals surface area (Å²) in [5, 5.41) is 3.99. The van der Waals surface area contributed by atoms with Crippen molar-refractivity contribution in [1.29, 1.82) is 0 Å². The molecule has 3 aromatic rings. The van der Waals surface area contributed by atoms with E-state index in [0.29, 0.717) is 40.3 Å². The number of nitrogens with zero attached hydrogens (tertiary/aromatic N) is 2. The predicted molar refractivity (Wildman–Crippen MR) is 131 cm³/mol. The average molecular weight is 453 g/mol. The number of anilines is 1. The number of hydrogen-bond donors (Lipinski definition) is 2. The molecule has 1 saturated heterocycles. The van der Waals surface area contributed by atoms with E-state index in [0.717, 1.165) is 36.5 Å². The monoisotopic (exact) mass is 452 g/mol. The molecule has 1 unspecified atom stereocenters. The van der Waals surface area contributed by atoms with Crippen LogP contribution in [-0.4, -0.2) is 61.4 Å². The SMILES string of the molecule is COc1ccc(-c2nc3cc(OC)cc(OC)c3c(=O)[nH]2)c(NCC2CCCN2C(C)C)c1. The van der Waals surface area contributed by atoms with Gasteiger partial charge in [0.2, 0.25) is 0 Å². The summed E-state index contributed by atoms with van der Waals surface area (Å²) in [5.74, 6) is 2.21. The molecule has 1 aliphatic heterocycles. The highest BCUT2D eigenvalue weighted by Gasteiger charge is 2.26. The molecule has 0 spiro atoms. The molecule has 1 aliphatic rings. The van der Waals surface area contributed by atoms with Crippen molar-refractivity contribution in [2.45, 2.75) is 38.8 Å². The number of ether oxygens (including phenoxy) is 3. The van der Waals surface area contributed by atoms with E-state index in [4.69, 9.17) is 19.2 Å². The molecular weight excluding hydrogens is 420 g/mol. The third-order valence-corrected chi connectivity index (χ3v) is 6.30. The summed E-state index contributed by atoms with van der Waals surface area (Å²) in [6, 6.07) is 10.1. The first-order valence-corrected chi connectivity index (χ1v) is 11.3. The van der Waals surface area contributed by atoms with Crippen molar-refractivity contribution < 1.29 is 14.2 Å². The Hall–Kier alpha value is -3.26. The fourth-order valence-electron chi connectivity index (χ4n) is 4.61. The van der Waals surface area contributed by atoms with Gasteiger partial charge in [0.25, 0.3) is 5.56 Å². The minimum atomic E-state index is -0.266. The maximum atomic E-state index is 13.0. The fourth-order valence-corrected chi connectivity index (χ4v) is 4.61. The summed E-state index contributed by atoms with van der Waals surface area (Å²) in [4.78, 5) is 23.2. The number of nitrogens with one attached hydrogen (secondary N) is 2. The summed E-state index contributed by atoms with van der Waals surface area (Å²) in [7, 11) is 4.74. The number of benzene rings is 2. The van der Waals surface area contributed by atoms with Gasteiger partial charge in [0.15, 0.2) is 0 Å². The minimum absolute atomic E-state index is 0.266. The van der Waals surface area contributed by atoms with E-state index in [1.807, 2.05) is 18.2 Å². The number of fused-ring (bicyclic) bond motifs is 1. The Morgan fingerprint density at radius 1 is 1.12 bits per heavy atom. The molecule has 1 aromatic heterocycles. The molecule has 0 bridgehead atoms. The second-order valence-corrected chi connectivity index (χ2v) is 8.56. The molecule has 176 valence electrons. The maximum Gasteiger partial charge on any atom is 0.262 e. The van der Waals surface area contributed by atoms with Crippen LogP contribution < -0.4 is 25.1 Å². The van der Waals surface area contributed by atoms with E-state index < -0.39 is 0 Å². The van der Waals surface area contributed by atoms with Crippen LogP contribution in [-0.2, 0) is 0 Å². The summed E-state index contributed by atoms with van der Waals surface area (Å²) >= 11 is 0. The van der Waals surface area contributed by atoms with Crippen molar-refractivity contribution in [3.05, 3.63) is 40.7 Å². The Labute approximate surface area is 193 Å². The zero-order valence-electron chi connectivity index (χ0n) is 19.9. The molecular formula is C25H32N4O4. The molecule has 2 aromatic carbocycles. The van der Waals surface area contributed by atoms with Gasteiger partial charge in [-0.2, -0.15) is 0 Å². The average Bonchev–Trinajstić information content (AvgIpc) is 3.30. The van der Waals surface area contributed by atoms with Crippen LogP contribution in [0, 0.1) is 0 Å². The summed E-state index contributed by atoms with van der Waals surface area (Å²) in [5.41, 5.74) is 1.90. The van der Waals surface area contributed by atoms with Crippen LogP contribution in [0.2, 0.25) is 0 Å². The molecule has 0 radical (unpaired) electrons. The van der Waals surface area contributed by atoms with Crippen molar-refractivity contribution in [1.82, 2.24) is 14.9 Å². The van der Waals surface area contributed by atoms with Gasteiger partial charge in [-0.3, -0.25) is 9.69 Å². The quantitative estimate of drug-likeness (QED) is 0.536. The largest absolute Gasteiger partial charge is 0.497 e. The van der Waals surface area contributed by atoms with E-state index >= 15 is 0 Å². The zero-order valence-corrected chi connectivity index (χ0v) is 19.9. The summed E-state index contributed by atoms with van der Waals surface area (Å²) in [6.07, 6.45) is 2.37. The molecule has 0 amide bonds. The van der Waals surface area contributed by atoms with Gasteiger partial charge in [-0.15, -0.1) is 0 Å². The van der Waals surface area contributed by atoms with Gasteiger partial charge in [-0.1, -0.05) is 0 Å². The minimum Gasteiger partial charge on any atom is -0.497 e. The first kappa shape index (κ1) is 22.9. The Kier molecular flexibility index (Phi) is 6.74. The molecule has 8 heteroatoms. The Bertz CT molecular complexity index is 1190. The van der Waals surface area contributed by atoms with Crippen LogP contribution in [0.5, 0.6) is 17.2 Å². The van der Waals surface area contributed by atoms with E-state index in [-0.39, 0.29) is 5.56 Å². The Balaban J connectivity index is 1.75. The topological polar surface area (TPSA) is 88.7 Å². The van der Waals surface area contributed by atoms with Crippen molar-refractivity contribution in [3.63, 3.8) is 0 Å². The summed E-state index contributed by atoms with van der Waals surface area (Å²) in [6.45, 7) is 6.40. The lowest BCUT2D eigenvalue weighted by Crippen LogP contribution is -2.39. The smallest absolute Gasteiger partial charge is 0.262 e. The third-order valence-electron chi connectivity index (χ3n) is 6.30. The van der Waals surface area contributed by atoms with Crippen LogP contribution in [0.4, 0.5) is 5.69 Å². The van der Waals surface area contributed by atoms with Crippen LogP contribution in [0.15, 0.2) is 35.1 Å². The highest BCUT2D eigenvalue weighted by Crippen LogP contribution is 2.33. The van der Waals surface area contributed by atoms with Crippen molar-refractivity contribution in [3.8, 4) is 28.6 Å². The number of hydrogen-bond acceptors (Lipinski definition) is 7. The van der Waals surface area contributed by atoms with Gasteiger partial charge in [0, 0.05) is 48.1 Å². The van der Waals surface area contributed by atoms with Crippen LogP contribution in [0.3, 0.4) is 0 Å². The zero-order chi connectivity index (χ0) is 23.5. The number of rotatable bonds is 8. The highest BCUT2D eigenvalue weighted by atomic mass is 16.5. The highest BCUT2D eigenvalue weighted by molar-refractivity contribution is 5.88. The number of aromatic nitrogens is 2. The Morgan fingerprint density at radius 2 is 1.91 bits per heavy atom. The molecule has 1 fully saturated rings. The third kappa shape index (κ3) is 4.61. The molecule has 0 aliphatic carbocycles. The molecule has 0 saturated carbocycles. The first-order valence-electron chi connectivity index (χ1n) is 11.3. The molecule has 4 rings (SSSR count). The Morgan fingerprint density at radius 3 is 2.61 bits per heavy atom. The van der Waals surface area contributed by atoms with Crippen LogP contribution >= 0.6 is 0 Å². The molecule has 2 N–H and O–H groups in total. The lowest BCUT2D eigenvalue weighted by Gasteiger charge is -2.29. The lowest BCUT2D eigenvalue weighted by atomic mass is 10.1. The summed E-state index contributed by atoms with van der Waals surface area (Å²) < 4.78 is 16.2. The van der Waals surface area contributed by atoms with E-state index in [1.54, 1.807) is 26.4 Å². The number of H-pyrrole nitrogens is 1. The van der Waals surface area contributed by atoms with Crippen molar-refractivity contribution in [2.75, 3.05) is 39.7 Å². The molecule has 33 heavy (non-hydrogen) atoms. The lowest BCUT2D eigenvalue weighted by molar-refractivity contribution is 0.211. The molecule has 8 nitrogen and oxygen atoms in total. The normalized spacial score (nSPS) is 16.4. The second kappa shape index (κ2) is 9.70. The number of aromatic amines is 1. The van der Waals surface area contributed by atoms with Gasteiger partial charge in [-0.05, 0) is 45.4 Å². The van der Waals surface area contributed by atoms with Gasteiger partial charge < -0.3 is 24.5 Å². The van der Waals surface area contributed by atoms with Crippen molar-refractivity contribution in [2.24, 2.45) is 0 Å². The van der Waals surface area contributed by atoms with Gasteiger partial charge >= 0.3 is 0 Å². The fraction of sp³-hybridized carbons (Fsp3) is 0.440. The number of likely N-dealkylation sites (tertiary alicyclic amines) is 1. The predicted octanol–water partition coefficient (Wildman–Crippen LogP) is 3.90. The number of methoxy groups -OCH3 is 3. The first-order chi connectivity index (χ1) is 15.9. The van der Waals surface area contributed by atoms with E-state index in [1.165, 1.54) is 13.5 Å². The second-order valence-electron chi connectivity index (χ2n) is 8.56. The van der Waals surface area contributed by atoms with Gasteiger partial charge in [0.05, 0.1) is 26.8 Å².